The Morgan fingerprint density at radius 1 is 1.16 bits per heavy atom. The number of amides is 1. The summed E-state index contributed by atoms with van der Waals surface area (Å²) in [4.78, 5) is 20.8. The number of nitrogens with zero attached hydrogens (tertiary/aromatic N) is 3. The predicted octanol–water partition coefficient (Wildman–Crippen LogP) is 3.99. The number of rotatable bonds is 10. The van der Waals surface area contributed by atoms with Gasteiger partial charge in [0.15, 0.2) is 26.8 Å². The maximum absolute atomic E-state index is 13.7. The highest BCUT2D eigenvalue weighted by molar-refractivity contribution is 7.97. The summed E-state index contributed by atoms with van der Waals surface area (Å²) in [5.41, 5.74) is 5.22. The molecule has 0 radical (unpaired) electrons. The van der Waals surface area contributed by atoms with Gasteiger partial charge in [0.1, 0.15) is 5.82 Å². The Morgan fingerprint density at radius 2 is 1.81 bits per heavy atom. The van der Waals surface area contributed by atoms with E-state index in [9.17, 15) is 27.4 Å². The summed E-state index contributed by atoms with van der Waals surface area (Å²) < 4.78 is 62.0. The van der Waals surface area contributed by atoms with Crippen LogP contribution in [-0.2, 0) is 23.4 Å². The molecule has 37 heavy (non-hydrogen) atoms. The van der Waals surface area contributed by atoms with Gasteiger partial charge in [0.2, 0.25) is 0 Å². The molecule has 0 saturated heterocycles. The lowest BCUT2D eigenvalue weighted by atomic mass is 10.1. The van der Waals surface area contributed by atoms with Crippen LogP contribution in [0.2, 0.25) is 0 Å². The number of halogens is 1. The van der Waals surface area contributed by atoms with Crippen molar-refractivity contribution in [3.63, 3.8) is 0 Å². The van der Waals surface area contributed by atoms with Crippen molar-refractivity contribution in [2.45, 2.75) is 18.7 Å². The van der Waals surface area contributed by atoms with Crippen molar-refractivity contribution in [2.75, 3.05) is 29.8 Å². The molecule has 11 nitrogen and oxygen atoms in total. The van der Waals surface area contributed by atoms with E-state index in [0.717, 1.165) is 12.1 Å². The molecule has 1 aromatic heterocycles. The Bertz CT molecular complexity index is 1500. The van der Waals surface area contributed by atoms with Gasteiger partial charge >= 0.3 is 7.60 Å². The Labute approximate surface area is 212 Å². The van der Waals surface area contributed by atoms with Crippen molar-refractivity contribution >= 4 is 34.8 Å². The zero-order valence-corrected chi connectivity index (χ0v) is 21.6. The Balaban J connectivity index is 1.83. The number of anilines is 2. The lowest BCUT2D eigenvalue weighted by Gasteiger charge is -2.17. The third-order valence-corrected chi connectivity index (χ3v) is 9.76. The number of benzene rings is 2. The van der Waals surface area contributed by atoms with Crippen LogP contribution in [0.4, 0.5) is 15.9 Å². The number of sulfone groups is 1. The summed E-state index contributed by atoms with van der Waals surface area (Å²) in [6.45, 7) is 3.18. The number of nitrogens with two attached hydrogens (primary N) is 1. The Kier molecular flexibility index (Phi) is 8.73. The summed E-state index contributed by atoms with van der Waals surface area (Å²) in [5.74, 6) is -1.58. The molecule has 3 N–H and O–H groups in total. The number of carbonyl (C=O) groups is 1. The molecule has 0 unspecified atom stereocenters. The van der Waals surface area contributed by atoms with Crippen LogP contribution in [0, 0.1) is 17.1 Å². The average Bonchev–Trinajstić information content (AvgIpc) is 2.84. The summed E-state index contributed by atoms with van der Waals surface area (Å²) in [6, 6.07) is 10.5. The molecule has 0 aliphatic carbocycles. The normalized spacial score (nSPS) is 11.6. The molecular weight excluding hydrogens is 524 g/mol. The van der Waals surface area contributed by atoms with Crippen molar-refractivity contribution in [2.24, 2.45) is 0 Å². The first-order chi connectivity index (χ1) is 17.5. The van der Waals surface area contributed by atoms with Gasteiger partial charge in [-0.15, -0.1) is 0 Å². The lowest BCUT2D eigenvalue weighted by molar-refractivity contribution is 0.102. The fourth-order valence-electron chi connectivity index (χ4n) is 3.24. The molecule has 0 aliphatic heterocycles. The smallest absolute Gasteiger partial charge is 0.346 e. The summed E-state index contributed by atoms with van der Waals surface area (Å²) in [6.07, 6.45) is 1.21. The van der Waals surface area contributed by atoms with E-state index in [1.807, 2.05) is 6.07 Å². The van der Waals surface area contributed by atoms with Crippen LogP contribution >= 0.6 is 7.60 Å². The van der Waals surface area contributed by atoms with Gasteiger partial charge in [-0.1, -0.05) is 0 Å². The van der Waals surface area contributed by atoms with Gasteiger partial charge in [-0.05, 0) is 56.3 Å². The summed E-state index contributed by atoms with van der Waals surface area (Å²) in [7, 11) is -7.89. The van der Waals surface area contributed by atoms with Crippen LogP contribution in [-0.4, -0.2) is 43.0 Å². The fourth-order valence-corrected chi connectivity index (χ4v) is 7.51. The second kappa shape index (κ2) is 11.6. The quantitative estimate of drug-likeness (QED) is 0.353. The van der Waals surface area contributed by atoms with Crippen LogP contribution in [0.5, 0.6) is 0 Å². The molecular formula is C23H23FN5O6PS. The van der Waals surface area contributed by atoms with Crippen molar-refractivity contribution in [1.29, 1.82) is 5.26 Å². The van der Waals surface area contributed by atoms with E-state index in [0.29, 0.717) is 0 Å². The second-order valence-electron chi connectivity index (χ2n) is 7.46. The number of nitrogens with one attached hydrogen (secondary N) is 1. The zero-order valence-electron chi connectivity index (χ0n) is 19.8. The van der Waals surface area contributed by atoms with Gasteiger partial charge in [-0.25, -0.2) is 22.8 Å². The third kappa shape index (κ3) is 6.75. The number of nitriles is 1. The monoisotopic (exact) mass is 547 g/mol. The molecule has 0 atom stereocenters. The molecule has 194 valence electrons. The number of aromatic nitrogens is 2. The van der Waals surface area contributed by atoms with E-state index in [4.69, 9.17) is 14.8 Å². The van der Waals surface area contributed by atoms with E-state index < -0.39 is 34.7 Å². The van der Waals surface area contributed by atoms with Crippen LogP contribution in [0.15, 0.2) is 53.6 Å². The van der Waals surface area contributed by atoms with Gasteiger partial charge in [-0.2, -0.15) is 5.26 Å². The van der Waals surface area contributed by atoms with E-state index in [-0.39, 0.29) is 52.1 Å². The van der Waals surface area contributed by atoms with Crippen molar-refractivity contribution in [1.82, 2.24) is 9.97 Å². The lowest BCUT2D eigenvalue weighted by Crippen LogP contribution is -2.17. The molecule has 14 heteroatoms. The summed E-state index contributed by atoms with van der Waals surface area (Å²) in [5, 5.41) is 11.8. The Morgan fingerprint density at radius 3 is 2.41 bits per heavy atom. The number of carbonyl (C=O) groups excluding carboxylic acids is 1. The van der Waals surface area contributed by atoms with E-state index >= 15 is 0 Å². The first-order valence-corrected chi connectivity index (χ1v) is 14.2. The molecule has 3 rings (SSSR count). The Hall–Kier alpha value is -3.69. The molecule has 3 aromatic rings. The first-order valence-electron chi connectivity index (χ1n) is 10.9. The highest BCUT2D eigenvalue weighted by atomic mass is 32.2. The molecule has 1 heterocycles. The van der Waals surface area contributed by atoms with Gasteiger partial charge in [0.05, 0.1) is 41.6 Å². The molecule has 0 fully saturated rings. The van der Waals surface area contributed by atoms with Gasteiger partial charge < -0.3 is 20.1 Å². The van der Waals surface area contributed by atoms with Crippen molar-refractivity contribution < 1.29 is 31.2 Å². The summed E-state index contributed by atoms with van der Waals surface area (Å²) >= 11 is 0. The topological polar surface area (TPSA) is 174 Å². The zero-order chi connectivity index (χ0) is 27.2. The van der Waals surface area contributed by atoms with E-state index in [2.05, 4.69) is 15.3 Å². The van der Waals surface area contributed by atoms with Crippen LogP contribution < -0.4 is 11.1 Å². The molecule has 0 bridgehead atoms. The number of hydrogen-bond donors (Lipinski definition) is 2. The SMILES string of the molecule is CCOP(=O)(CS(=O)(=O)c1ccc(NC(=O)c2nc(-c3cc(F)ccc3C#N)cnc2N)cc1)OCC. The first kappa shape index (κ1) is 27.9. The number of nitrogen functional groups attached to an aromatic ring is 1. The minimum atomic E-state index is -4.04. The largest absolute Gasteiger partial charge is 0.382 e. The van der Waals surface area contributed by atoms with E-state index in [1.165, 1.54) is 36.5 Å². The van der Waals surface area contributed by atoms with Gasteiger partial charge in [0, 0.05) is 11.3 Å². The van der Waals surface area contributed by atoms with Gasteiger partial charge in [-0.3, -0.25) is 9.36 Å². The molecule has 0 saturated carbocycles. The van der Waals surface area contributed by atoms with Gasteiger partial charge in [0.25, 0.3) is 5.91 Å². The molecule has 2 aromatic carbocycles. The highest BCUT2D eigenvalue weighted by Crippen LogP contribution is 2.50. The average molecular weight is 548 g/mol. The predicted molar refractivity (Wildman–Crippen MR) is 134 cm³/mol. The minimum Gasteiger partial charge on any atom is -0.382 e. The number of hydrogen-bond acceptors (Lipinski definition) is 10. The second-order valence-corrected chi connectivity index (χ2v) is 11.9. The standard InChI is InChI=1S/C23H23FN5O6PS/c1-3-34-36(31,35-4-2)14-37(32,33)18-9-7-17(8-10-18)28-23(30)21-22(26)27-13-20(29-21)19-11-16(24)6-5-15(19)12-25/h5-11,13H,3-4,14H2,1-2H3,(H2,26,27)(H,28,30). The minimum absolute atomic E-state index is 0.0159. The third-order valence-electron chi connectivity index (χ3n) is 4.84. The molecule has 1 amide bonds. The molecule has 0 aliphatic rings. The van der Waals surface area contributed by atoms with Crippen LogP contribution in [0.25, 0.3) is 11.3 Å². The van der Waals surface area contributed by atoms with Crippen molar-refractivity contribution in [3.8, 4) is 17.3 Å². The van der Waals surface area contributed by atoms with E-state index in [1.54, 1.807) is 13.8 Å². The molecule has 0 spiro atoms. The van der Waals surface area contributed by atoms with Crippen LogP contribution in [0.1, 0.15) is 29.9 Å². The maximum Gasteiger partial charge on any atom is 0.346 e. The highest BCUT2D eigenvalue weighted by Gasteiger charge is 2.32. The fraction of sp³-hybridized carbons (Fsp3) is 0.217. The van der Waals surface area contributed by atoms with Crippen LogP contribution in [0.3, 0.4) is 0 Å². The van der Waals surface area contributed by atoms with Crippen molar-refractivity contribution in [3.05, 3.63) is 65.7 Å². The maximum atomic E-state index is 13.7.